The highest BCUT2D eigenvalue weighted by Gasteiger charge is 2.61. The first kappa shape index (κ1) is 19.1. The van der Waals surface area contributed by atoms with Crippen molar-refractivity contribution in [1.29, 1.82) is 0 Å². The summed E-state index contributed by atoms with van der Waals surface area (Å²) < 4.78 is 6.04. The van der Waals surface area contributed by atoms with Crippen molar-refractivity contribution in [3.8, 4) is 0 Å². The van der Waals surface area contributed by atoms with Crippen molar-refractivity contribution in [2.75, 3.05) is 13.1 Å². The first-order valence-corrected chi connectivity index (χ1v) is 11.2. The zero-order chi connectivity index (χ0) is 20.1. The third-order valence-corrected chi connectivity index (χ3v) is 7.68. The summed E-state index contributed by atoms with van der Waals surface area (Å²) in [6, 6.07) is 9.41. The zero-order valence-electron chi connectivity index (χ0n) is 17.0. The summed E-state index contributed by atoms with van der Waals surface area (Å²) in [4.78, 5) is 28.7. The number of hydrogen-bond donors (Lipinski definition) is 1. The number of benzene rings is 1. The molecule has 5 nitrogen and oxygen atoms in total. The molecule has 6 rings (SSSR count). The van der Waals surface area contributed by atoms with Gasteiger partial charge in [-0.25, -0.2) is 0 Å². The number of rotatable bonds is 4. The fourth-order valence-electron chi connectivity index (χ4n) is 6.85. The number of nitrogens with zero attached hydrogens (tertiary/aromatic N) is 1. The van der Waals surface area contributed by atoms with Crippen LogP contribution in [-0.4, -0.2) is 40.6 Å². The van der Waals surface area contributed by atoms with Crippen molar-refractivity contribution in [3.63, 3.8) is 0 Å². The Morgan fingerprint density at radius 3 is 2.28 bits per heavy atom. The molecule has 1 aromatic carbocycles. The van der Waals surface area contributed by atoms with Gasteiger partial charge in [-0.2, -0.15) is 0 Å². The second kappa shape index (κ2) is 7.12. The van der Waals surface area contributed by atoms with E-state index in [0.717, 1.165) is 70.0 Å². The molecule has 1 amide bonds. The van der Waals surface area contributed by atoms with Gasteiger partial charge in [0, 0.05) is 18.7 Å². The van der Waals surface area contributed by atoms with E-state index in [1.165, 1.54) is 0 Å². The van der Waals surface area contributed by atoms with E-state index in [0.29, 0.717) is 18.3 Å². The molecule has 1 aliphatic heterocycles. The Hall–Kier alpha value is -1.88. The fourth-order valence-corrected chi connectivity index (χ4v) is 6.85. The lowest BCUT2D eigenvalue weighted by atomic mass is 9.48. The molecule has 5 aliphatic rings. The lowest BCUT2D eigenvalue weighted by Crippen LogP contribution is -2.58. The van der Waals surface area contributed by atoms with Crippen molar-refractivity contribution in [3.05, 3.63) is 35.9 Å². The third-order valence-electron chi connectivity index (χ3n) is 7.68. The van der Waals surface area contributed by atoms with Crippen LogP contribution < -0.4 is 0 Å². The van der Waals surface area contributed by atoms with Gasteiger partial charge in [0.05, 0.1) is 11.0 Å². The van der Waals surface area contributed by atoms with E-state index >= 15 is 0 Å². The highest BCUT2D eigenvalue weighted by molar-refractivity contribution is 5.87. The zero-order valence-corrected chi connectivity index (χ0v) is 17.0. The topological polar surface area (TPSA) is 66.8 Å². The molecule has 0 radical (unpaired) electrons. The molecule has 1 N–H and O–H groups in total. The highest BCUT2D eigenvalue weighted by atomic mass is 16.5. The molecule has 1 aromatic rings. The molecule has 5 fully saturated rings. The molecule has 1 saturated heterocycles. The summed E-state index contributed by atoms with van der Waals surface area (Å²) in [6.45, 7) is 1.46. The van der Waals surface area contributed by atoms with Gasteiger partial charge in [-0.3, -0.25) is 9.59 Å². The summed E-state index contributed by atoms with van der Waals surface area (Å²) in [5.41, 5.74) is -0.601. The van der Waals surface area contributed by atoms with Gasteiger partial charge in [0.15, 0.2) is 0 Å². The Labute approximate surface area is 172 Å². The number of likely N-dealkylation sites (tertiary alicyclic amines) is 1. The summed E-state index contributed by atoms with van der Waals surface area (Å²) in [7, 11) is 0. The Bertz CT molecular complexity index is 771. The van der Waals surface area contributed by atoms with E-state index in [2.05, 4.69) is 0 Å². The maximum absolute atomic E-state index is 13.5. The number of carbonyl (C=O) groups excluding carboxylic acids is 2. The number of amides is 1. The highest BCUT2D eigenvalue weighted by Crippen LogP contribution is 2.62. The molecule has 4 aliphatic carbocycles. The van der Waals surface area contributed by atoms with Crippen molar-refractivity contribution < 1.29 is 19.4 Å². The molecule has 1 heterocycles. The lowest BCUT2D eigenvalue weighted by molar-refractivity contribution is -0.202. The van der Waals surface area contributed by atoms with Crippen LogP contribution in [0.1, 0.15) is 69.5 Å². The number of aliphatic hydroxyl groups is 1. The summed E-state index contributed by atoms with van der Waals surface area (Å²) in [6.07, 6.45) is 7.09. The van der Waals surface area contributed by atoms with Crippen LogP contribution in [0.15, 0.2) is 30.3 Å². The van der Waals surface area contributed by atoms with E-state index in [1.807, 2.05) is 35.2 Å². The molecule has 5 heteroatoms. The molecule has 5 atom stereocenters. The minimum absolute atomic E-state index is 0.104. The van der Waals surface area contributed by atoms with Crippen LogP contribution in [0.4, 0.5) is 0 Å². The van der Waals surface area contributed by atoms with Gasteiger partial charge in [-0.15, -0.1) is 0 Å². The first-order valence-electron chi connectivity index (χ1n) is 11.2. The first-order chi connectivity index (χ1) is 14.0. The van der Waals surface area contributed by atoms with Crippen LogP contribution in [-0.2, 0) is 14.3 Å². The number of carbonyl (C=O) groups is 2. The predicted molar refractivity (Wildman–Crippen MR) is 108 cm³/mol. The van der Waals surface area contributed by atoms with Crippen molar-refractivity contribution in [1.82, 2.24) is 4.90 Å². The van der Waals surface area contributed by atoms with Crippen molar-refractivity contribution in [2.24, 2.45) is 17.3 Å². The monoisotopic (exact) mass is 397 g/mol. The smallest absolute Gasteiger partial charge is 0.313 e. The molecule has 0 aromatic heterocycles. The van der Waals surface area contributed by atoms with Gasteiger partial charge in [0.2, 0.25) is 6.10 Å². The largest absolute Gasteiger partial charge is 0.447 e. The van der Waals surface area contributed by atoms with Crippen molar-refractivity contribution >= 4 is 11.9 Å². The van der Waals surface area contributed by atoms with E-state index < -0.39 is 17.1 Å². The molecule has 4 saturated carbocycles. The average Bonchev–Trinajstić information content (AvgIpc) is 2.71. The predicted octanol–water partition coefficient (Wildman–Crippen LogP) is 3.61. The standard InChI is InChI=1S/C24H31NO4/c26-21(25-9-5-2-6-10-25)20(19-7-3-1-4-8-19)29-22(27)23-12-17-11-18(13-23)15-24(28,14-17)16-23/h1,3-4,7-8,17-18,20,28H,2,5-6,9-16H2/t17-,18+,20-,23?,24?/m1/s1. The van der Waals surface area contributed by atoms with Crippen LogP contribution in [0, 0.1) is 17.3 Å². The molecule has 29 heavy (non-hydrogen) atoms. The maximum Gasteiger partial charge on any atom is 0.313 e. The SMILES string of the molecule is O=C([C@H](OC(=O)C12C[C@@H]3C[C@@H](CC(O)(C3)C1)C2)c1ccccc1)N1CCCCC1. The summed E-state index contributed by atoms with van der Waals surface area (Å²) in [5, 5.41) is 11.0. The molecule has 4 bridgehead atoms. The van der Waals surface area contributed by atoms with Crippen LogP contribution in [0.3, 0.4) is 0 Å². The minimum atomic E-state index is -0.885. The van der Waals surface area contributed by atoms with E-state index in [4.69, 9.17) is 4.74 Å². The third kappa shape index (κ3) is 3.48. The second-order valence-electron chi connectivity index (χ2n) is 10.0. The van der Waals surface area contributed by atoms with Gasteiger partial charge in [-0.05, 0) is 69.6 Å². The van der Waals surface area contributed by atoms with Gasteiger partial charge < -0.3 is 14.7 Å². The Morgan fingerprint density at radius 2 is 1.66 bits per heavy atom. The Kier molecular flexibility index (Phi) is 4.69. The Balaban J connectivity index is 1.40. The van der Waals surface area contributed by atoms with E-state index in [-0.39, 0.29) is 11.9 Å². The van der Waals surface area contributed by atoms with Crippen LogP contribution >= 0.6 is 0 Å². The van der Waals surface area contributed by atoms with E-state index in [9.17, 15) is 14.7 Å². The molecule has 156 valence electrons. The summed E-state index contributed by atoms with van der Waals surface area (Å²) in [5.74, 6) is 0.431. The number of ether oxygens (including phenoxy) is 1. The summed E-state index contributed by atoms with van der Waals surface area (Å²) >= 11 is 0. The van der Waals surface area contributed by atoms with Crippen LogP contribution in [0.5, 0.6) is 0 Å². The van der Waals surface area contributed by atoms with Gasteiger partial charge in [0.25, 0.3) is 5.91 Å². The van der Waals surface area contributed by atoms with E-state index in [1.54, 1.807) is 0 Å². The lowest BCUT2D eigenvalue weighted by Gasteiger charge is -2.58. The molecular weight excluding hydrogens is 366 g/mol. The van der Waals surface area contributed by atoms with Gasteiger partial charge >= 0.3 is 5.97 Å². The quantitative estimate of drug-likeness (QED) is 0.788. The molecule has 2 unspecified atom stereocenters. The van der Waals surface area contributed by atoms with Crippen LogP contribution in [0.2, 0.25) is 0 Å². The average molecular weight is 398 g/mol. The molecule has 0 spiro atoms. The Morgan fingerprint density at radius 1 is 1.00 bits per heavy atom. The number of hydrogen-bond acceptors (Lipinski definition) is 4. The normalized spacial score (nSPS) is 36.7. The number of piperidine rings is 1. The van der Waals surface area contributed by atoms with Crippen LogP contribution in [0.25, 0.3) is 0 Å². The van der Waals surface area contributed by atoms with Gasteiger partial charge in [-0.1, -0.05) is 30.3 Å². The van der Waals surface area contributed by atoms with Crippen molar-refractivity contribution in [2.45, 2.75) is 69.5 Å². The second-order valence-corrected chi connectivity index (χ2v) is 10.0. The molecular formula is C24H31NO4. The minimum Gasteiger partial charge on any atom is -0.447 e. The maximum atomic E-state index is 13.5. The number of esters is 1. The van der Waals surface area contributed by atoms with Gasteiger partial charge in [0.1, 0.15) is 0 Å². The fraction of sp³-hybridized carbons (Fsp3) is 0.667.